The van der Waals surface area contributed by atoms with Crippen molar-refractivity contribution in [2.75, 3.05) is 19.8 Å². The van der Waals surface area contributed by atoms with E-state index in [2.05, 4.69) is 4.99 Å². The molecule has 3 aromatic carbocycles. The Hall–Kier alpha value is -3.87. The van der Waals surface area contributed by atoms with Crippen LogP contribution in [-0.4, -0.2) is 42.8 Å². The lowest BCUT2D eigenvalue weighted by atomic mass is 10.1. The second-order valence-corrected chi connectivity index (χ2v) is 9.61. The van der Waals surface area contributed by atoms with E-state index in [1.165, 1.54) is 6.07 Å². The van der Waals surface area contributed by atoms with Gasteiger partial charge in [0.25, 0.3) is 5.91 Å². The zero-order valence-corrected chi connectivity index (χ0v) is 21.4. The van der Waals surface area contributed by atoms with Gasteiger partial charge in [0, 0.05) is 31.3 Å². The molecule has 0 spiro atoms. The van der Waals surface area contributed by atoms with Crippen LogP contribution in [0.4, 0.5) is 10.1 Å². The predicted molar refractivity (Wildman–Crippen MR) is 141 cm³/mol. The molecule has 192 valence electrons. The van der Waals surface area contributed by atoms with Crippen LogP contribution in [0.3, 0.4) is 0 Å². The zero-order chi connectivity index (χ0) is 25.9. The second-order valence-electron chi connectivity index (χ2n) is 9.61. The molecule has 7 heteroatoms. The number of carbonyl (C=O) groups excluding carboxylic acids is 1. The Balaban J connectivity index is 1.16. The van der Waals surface area contributed by atoms with Gasteiger partial charge in [-0.05, 0) is 80.6 Å². The van der Waals surface area contributed by atoms with E-state index in [1.807, 2.05) is 62.2 Å². The van der Waals surface area contributed by atoms with Crippen LogP contribution < -0.4 is 14.2 Å². The highest BCUT2D eigenvalue weighted by Gasteiger charge is 2.32. The fraction of sp³-hybridized carbons (Fsp3) is 0.333. The molecular formula is C30H31FN2O4. The summed E-state index contributed by atoms with van der Waals surface area (Å²) in [7, 11) is 0. The van der Waals surface area contributed by atoms with Gasteiger partial charge in [0.2, 0.25) is 0 Å². The van der Waals surface area contributed by atoms with Crippen molar-refractivity contribution in [2.45, 2.75) is 46.1 Å². The van der Waals surface area contributed by atoms with Crippen LogP contribution in [0, 0.1) is 26.6 Å². The molecule has 6 nitrogen and oxygen atoms in total. The molecule has 2 aliphatic rings. The highest BCUT2D eigenvalue weighted by atomic mass is 19.1. The Labute approximate surface area is 216 Å². The molecule has 2 aliphatic heterocycles. The first-order valence-electron chi connectivity index (χ1n) is 12.7. The van der Waals surface area contributed by atoms with Gasteiger partial charge in [-0.15, -0.1) is 0 Å². The number of amides is 1. The van der Waals surface area contributed by atoms with Crippen LogP contribution in [0.1, 0.15) is 46.3 Å². The summed E-state index contributed by atoms with van der Waals surface area (Å²) < 4.78 is 31.9. The molecule has 0 saturated carbocycles. The molecule has 0 aliphatic carbocycles. The van der Waals surface area contributed by atoms with Gasteiger partial charge in [-0.2, -0.15) is 0 Å². The summed E-state index contributed by atoms with van der Waals surface area (Å²) in [6, 6.07) is 13.9. The number of aliphatic imine (C=N–C) groups is 1. The first-order valence-corrected chi connectivity index (χ1v) is 12.7. The maximum absolute atomic E-state index is 14.3. The van der Waals surface area contributed by atoms with Crippen LogP contribution in [0.2, 0.25) is 0 Å². The highest BCUT2D eigenvalue weighted by Crippen LogP contribution is 2.34. The molecule has 1 amide bonds. The van der Waals surface area contributed by atoms with Gasteiger partial charge in [-0.1, -0.05) is 6.07 Å². The molecule has 0 N–H and O–H groups in total. The molecule has 1 fully saturated rings. The summed E-state index contributed by atoms with van der Waals surface area (Å²) >= 11 is 0. The van der Waals surface area contributed by atoms with E-state index < -0.39 is 5.82 Å². The third kappa shape index (κ3) is 5.45. The Morgan fingerprint density at radius 3 is 2.57 bits per heavy atom. The first-order chi connectivity index (χ1) is 17.9. The summed E-state index contributed by atoms with van der Waals surface area (Å²) in [4.78, 5) is 19.4. The van der Waals surface area contributed by atoms with Crippen LogP contribution in [-0.2, 0) is 0 Å². The van der Waals surface area contributed by atoms with Crippen LogP contribution in [0.5, 0.6) is 23.0 Å². The smallest absolute Gasteiger partial charge is 0.256 e. The molecule has 0 unspecified atom stereocenters. The van der Waals surface area contributed by atoms with Gasteiger partial charge in [0.15, 0.2) is 11.6 Å². The van der Waals surface area contributed by atoms with Gasteiger partial charge in [-0.3, -0.25) is 9.79 Å². The molecule has 0 aromatic heterocycles. The lowest BCUT2D eigenvalue weighted by Crippen LogP contribution is -2.35. The average Bonchev–Trinajstić information content (AvgIpc) is 3.31. The summed E-state index contributed by atoms with van der Waals surface area (Å²) in [5, 5.41) is 0. The number of aryl methyl sites for hydroxylation is 3. The van der Waals surface area contributed by atoms with Gasteiger partial charge < -0.3 is 19.1 Å². The molecule has 0 bridgehead atoms. The number of carbonyl (C=O) groups is 1. The lowest BCUT2D eigenvalue weighted by Gasteiger charge is -2.20. The van der Waals surface area contributed by atoms with E-state index in [-0.39, 0.29) is 17.7 Å². The van der Waals surface area contributed by atoms with Crippen molar-refractivity contribution >= 4 is 17.8 Å². The van der Waals surface area contributed by atoms with E-state index in [1.54, 1.807) is 12.1 Å². The second kappa shape index (κ2) is 10.6. The standard InChI is InChI=1S/C30H31FN2O4/c1-19-7-8-24(14-20(19)2)37-29-16-23(9-10-26(29)31)35-12-5-13-36-28-17-27-25(15-21(28)3)30(34)33-11-4-6-22(33)18-32-27/h7-10,14-18,22H,4-6,11-13H2,1-3H3/t22-/m0/s1. The molecule has 0 radical (unpaired) electrons. The van der Waals surface area contributed by atoms with E-state index in [0.29, 0.717) is 48.1 Å². The third-order valence-corrected chi connectivity index (χ3v) is 6.89. The van der Waals surface area contributed by atoms with Crippen molar-refractivity contribution in [1.29, 1.82) is 0 Å². The Bertz CT molecular complexity index is 1350. The number of halogens is 1. The summed E-state index contributed by atoms with van der Waals surface area (Å²) in [6.07, 6.45) is 4.47. The fourth-order valence-electron chi connectivity index (χ4n) is 4.62. The lowest BCUT2D eigenvalue weighted by molar-refractivity contribution is 0.0774. The number of rotatable bonds is 8. The minimum atomic E-state index is -0.450. The number of hydrogen-bond donors (Lipinski definition) is 0. The van der Waals surface area contributed by atoms with Crippen LogP contribution in [0.25, 0.3) is 0 Å². The minimum absolute atomic E-state index is 0.0400. The van der Waals surface area contributed by atoms with Crippen molar-refractivity contribution < 1.29 is 23.4 Å². The van der Waals surface area contributed by atoms with E-state index in [9.17, 15) is 9.18 Å². The monoisotopic (exact) mass is 502 g/mol. The van der Waals surface area contributed by atoms with Crippen LogP contribution >= 0.6 is 0 Å². The normalized spacial score (nSPS) is 16.3. The van der Waals surface area contributed by atoms with Crippen molar-refractivity contribution in [3.63, 3.8) is 0 Å². The average molecular weight is 503 g/mol. The van der Waals surface area contributed by atoms with Gasteiger partial charge in [0.05, 0.1) is 30.5 Å². The predicted octanol–water partition coefficient (Wildman–Crippen LogP) is 6.71. The number of nitrogens with zero attached hydrogens (tertiary/aromatic N) is 2. The topological polar surface area (TPSA) is 60.4 Å². The maximum Gasteiger partial charge on any atom is 0.256 e. The molecule has 1 atom stereocenters. The SMILES string of the molecule is Cc1ccc(Oc2cc(OCCCOc3cc4c(cc3C)C(=O)N3CCC[C@H]3C=N4)ccc2F)cc1C. The van der Waals surface area contributed by atoms with E-state index >= 15 is 0 Å². The van der Waals surface area contributed by atoms with Crippen LogP contribution in [0.15, 0.2) is 53.5 Å². The van der Waals surface area contributed by atoms with Crippen molar-refractivity contribution in [3.8, 4) is 23.0 Å². The van der Waals surface area contributed by atoms with Gasteiger partial charge in [0.1, 0.15) is 17.2 Å². The van der Waals surface area contributed by atoms with E-state index in [4.69, 9.17) is 14.2 Å². The number of hydrogen-bond acceptors (Lipinski definition) is 5. The van der Waals surface area contributed by atoms with Crippen molar-refractivity contribution in [3.05, 3.63) is 76.6 Å². The Morgan fingerprint density at radius 2 is 1.73 bits per heavy atom. The fourth-order valence-corrected chi connectivity index (χ4v) is 4.62. The minimum Gasteiger partial charge on any atom is -0.493 e. The molecule has 37 heavy (non-hydrogen) atoms. The molecule has 5 rings (SSSR count). The molecule has 2 heterocycles. The van der Waals surface area contributed by atoms with Gasteiger partial charge in [-0.25, -0.2) is 4.39 Å². The highest BCUT2D eigenvalue weighted by molar-refractivity contribution is 6.03. The van der Waals surface area contributed by atoms with E-state index in [0.717, 1.165) is 36.1 Å². The zero-order valence-electron chi connectivity index (χ0n) is 21.4. The largest absolute Gasteiger partial charge is 0.493 e. The van der Waals surface area contributed by atoms with Crippen molar-refractivity contribution in [1.82, 2.24) is 4.90 Å². The molecular weight excluding hydrogens is 471 g/mol. The summed E-state index contributed by atoms with van der Waals surface area (Å²) in [6.45, 7) is 7.54. The number of fused-ring (bicyclic) bond motifs is 2. The molecule has 3 aromatic rings. The first kappa shape index (κ1) is 24.8. The van der Waals surface area contributed by atoms with Gasteiger partial charge >= 0.3 is 0 Å². The third-order valence-electron chi connectivity index (χ3n) is 6.89. The molecule has 1 saturated heterocycles. The maximum atomic E-state index is 14.3. The Morgan fingerprint density at radius 1 is 0.919 bits per heavy atom. The number of ether oxygens (including phenoxy) is 3. The Kier molecular flexibility index (Phi) is 7.12. The summed E-state index contributed by atoms with van der Waals surface area (Å²) in [5.41, 5.74) is 4.40. The quantitative estimate of drug-likeness (QED) is 0.321. The number of benzene rings is 3. The van der Waals surface area contributed by atoms with Crippen molar-refractivity contribution in [2.24, 2.45) is 4.99 Å². The summed E-state index contributed by atoms with van der Waals surface area (Å²) in [5.74, 6) is 1.52.